The molecule has 0 saturated heterocycles. The van der Waals surface area contributed by atoms with Gasteiger partial charge in [0.1, 0.15) is 17.7 Å². The van der Waals surface area contributed by atoms with Crippen LogP contribution in [0.5, 0.6) is 0 Å². The van der Waals surface area contributed by atoms with Gasteiger partial charge >= 0.3 is 0 Å². The molecule has 10 heavy (non-hydrogen) atoms. The molecule has 0 spiro atoms. The van der Waals surface area contributed by atoms with Gasteiger partial charge < -0.3 is 4.52 Å². The number of nitrogens with zero attached hydrogens (tertiary/aromatic N) is 3. The van der Waals surface area contributed by atoms with Gasteiger partial charge in [-0.15, -0.1) is 5.10 Å². The lowest BCUT2D eigenvalue weighted by atomic mass is 10.3. The summed E-state index contributed by atoms with van der Waals surface area (Å²) in [5.74, 6) is 0. The van der Waals surface area contributed by atoms with E-state index < -0.39 is 0 Å². The summed E-state index contributed by atoms with van der Waals surface area (Å²) < 4.78 is 4.62. The summed E-state index contributed by atoms with van der Waals surface area (Å²) in [7, 11) is 0. The predicted octanol–water partition coefficient (Wildman–Crippen LogP) is 0.510. The van der Waals surface area contributed by atoms with Gasteiger partial charge in [-0.1, -0.05) is 5.16 Å². The first-order valence-electron chi connectivity index (χ1n) is 2.82. The van der Waals surface area contributed by atoms with Gasteiger partial charge in [0, 0.05) is 6.07 Å². The first kappa shape index (κ1) is 5.22. The third-order valence-corrected chi connectivity index (χ3v) is 1.16. The van der Waals surface area contributed by atoms with Crippen molar-refractivity contribution in [2.45, 2.75) is 0 Å². The van der Waals surface area contributed by atoms with Crippen molar-refractivity contribution >= 4 is 5.71 Å². The minimum Gasteiger partial charge on any atom is -0.364 e. The van der Waals surface area contributed by atoms with E-state index in [1.54, 1.807) is 18.3 Å². The topological polar surface area (TPSA) is 52.5 Å². The fourth-order valence-electron chi connectivity index (χ4n) is 0.714. The summed E-state index contributed by atoms with van der Waals surface area (Å²) in [6.07, 6.45) is 4.89. The van der Waals surface area contributed by atoms with Crippen molar-refractivity contribution in [2.75, 3.05) is 0 Å². The molecule has 1 aromatic rings. The summed E-state index contributed by atoms with van der Waals surface area (Å²) in [5, 5.41) is 7.47. The van der Waals surface area contributed by atoms with Crippen LogP contribution >= 0.6 is 0 Å². The Balaban J connectivity index is 2.36. The lowest BCUT2D eigenvalue weighted by Crippen LogP contribution is -1.93. The minimum atomic E-state index is 0.720. The van der Waals surface area contributed by atoms with Crippen LogP contribution in [0.15, 0.2) is 34.2 Å². The van der Waals surface area contributed by atoms with Crippen molar-refractivity contribution in [3.63, 3.8) is 0 Å². The molecule has 4 heteroatoms. The second-order valence-corrected chi connectivity index (χ2v) is 1.80. The molecule has 4 nitrogen and oxygen atoms in total. The molecular formula is C6H4N3O. The summed E-state index contributed by atoms with van der Waals surface area (Å²) in [6.45, 7) is 0. The normalized spacial score (nSPS) is 15.0. The number of hydrogen-bond acceptors (Lipinski definition) is 3. The van der Waals surface area contributed by atoms with Crippen LogP contribution in [-0.4, -0.2) is 10.9 Å². The standard InChI is InChI=1S/C6H4N3O/c1-3-7-8-5(1)6-2-4-10-9-6/h1-4H. The first-order chi connectivity index (χ1) is 4.97. The Labute approximate surface area is 57.2 Å². The highest BCUT2D eigenvalue weighted by atomic mass is 16.5. The second kappa shape index (κ2) is 1.98. The molecule has 1 radical (unpaired) electrons. The average molecular weight is 134 g/mol. The Morgan fingerprint density at radius 3 is 3.00 bits per heavy atom. The molecule has 1 aliphatic heterocycles. The number of hydrogen-bond donors (Lipinski definition) is 0. The summed E-state index contributed by atoms with van der Waals surface area (Å²) in [5.41, 5.74) is 5.11. The molecule has 0 amide bonds. The lowest BCUT2D eigenvalue weighted by Gasteiger charge is -1.83. The molecule has 2 rings (SSSR count). The maximum atomic E-state index is 4.62. The van der Waals surface area contributed by atoms with E-state index in [0.29, 0.717) is 0 Å². The van der Waals surface area contributed by atoms with Crippen LogP contribution in [0.2, 0.25) is 0 Å². The van der Waals surface area contributed by atoms with Crippen molar-refractivity contribution in [3.05, 3.63) is 30.3 Å². The molecule has 2 heterocycles. The Morgan fingerprint density at radius 1 is 1.40 bits per heavy atom. The van der Waals surface area contributed by atoms with E-state index in [1.165, 1.54) is 6.26 Å². The van der Waals surface area contributed by atoms with Gasteiger partial charge in [-0.05, 0) is 6.08 Å². The number of rotatable bonds is 1. The van der Waals surface area contributed by atoms with E-state index in [-0.39, 0.29) is 0 Å². The third kappa shape index (κ3) is 0.699. The van der Waals surface area contributed by atoms with Crippen LogP contribution in [0.1, 0.15) is 5.69 Å². The zero-order valence-electron chi connectivity index (χ0n) is 5.06. The molecule has 1 aliphatic rings. The fourth-order valence-corrected chi connectivity index (χ4v) is 0.714. The molecule has 0 aliphatic carbocycles. The number of aromatic nitrogens is 1. The van der Waals surface area contributed by atoms with Crippen LogP contribution in [0.3, 0.4) is 0 Å². The van der Waals surface area contributed by atoms with Crippen LogP contribution in [0.4, 0.5) is 0 Å². The predicted molar refractivity (Wildman–Crippen MR) is 34.3 cm³/mol. The van der Waals surface area contributed by atoms with Crippen molar-refractivity contribution in [1.29, 1.82) is 0 Å². The van der Waals surface area contributed by atoms with Crippen LogP contribution < -0.4 is 5.43 Å². The van der Waals surface area contributed by atoms with E-state index >= 15 is 0 Å². The third-order valence-electron chi connectivity index (χ3n) is 1.16. The highest BCUT2D eigenvalue weighted by Crippen LogP contribution is 2.01. The molecule has 0 bridgehead atoms. The van der Waals surface area contributed by atoms with E-state index in [1.807, 2.05) is 0 Å². The zero-order valence-corrected chi connectivity index (χ0v) is 5.06. The van der Waals surface area contributed by atoms with Gasteiger partial charge in [-0.2, -0.15) is 5.43 Å². The summed E-state index contributed by atoms with van der Waals surface area (Å²) >= 11 is 0. The second-order valence-electron chi connectivity index (χ2n) is 1.80. The minimum absolute atomic E-state index is 0.720. The summed E-state index contributed by atoms with van der Waals surface area (Å²) in [4.78, 5) is 0. The molecule has 0 unspecified atom stereocenters. The van der Waals surface area contributed by atoms with Crippen LogP contribution in [0, 0.1) is 0 Å². The van der Waals surface area contributed by atoms with Gasteiger partial charge in [0.05, 0.1) is 6.20 Å². The SMILES string of the molecule is C1=CC(c2ccon2)=N[N]1. The smallest absolute Gasteiger partial charge is 0.134 e. The Hall–Kier alpha value is -1.58. The van der Waals surface area contributed by atoms with E-state index in [4.69, 9.17) is 0 Å². The van der Waals surface area contributed by atoms with Gasteiger partial charge in [0.2, 0.25) is 0 Å². The lowest BCUT2D eigenvalue weighted by molar-refractivity contribution is 0.418. The van der Waals surface area contributed by atoms with Crippen molar-refractivity contribution in [3.8, 4) is 0 Å². The Bertz CT molecular complexity index is 273. The zero-order chi connectivity index (χ0) is 6.81. The molecule has 0 aromatic carbocycles. The van der Waals surface area contributed by atoms with Gasteiger partial charge in [0.15, 0.2) is 0 Å². The molecule has 0 fully saturated rings. The molecule has 0 saturated carbocycles. The molecule has 1 aromatic heterocycles. The highest BCUT2D eigenvalue weighted by molar-refractivity contribution is 6.07. The Kier molecular flexibility index (Phi) is 1.04. The van der Waals surface area contributed by atoms with Crippen LogP contribution in [0.25, 0.3) is 0 Å². The quantitative estimate of drug-likeness (QED) is 0.561. The van der Waals surface area contributed by atoms with Gasteiger partial charge in [-0.3, -0.25) is 0 Å². The summed E-state index contributed by atoms with van der Waals surface area (Å²) in [6, 6.07) is 1.74. The Morgan fingerprint density at radius 2 is 2.40 bits per heavy atom. The van der Waals surface area contributed by atoms with Crippen molar-refractivity contribution in [2.24, 2.45) is 5.10 Å². The van der Waals surface area contributed by atoms with Gasteiger partial charge in [-0.25, -0.2) is 0 Å². The molecular weight excluding hydrogens is 130 g/mol. The van der Waals surface area contributed by atoms with E-state index in [9.17, 15) is 0 Å². The maximum Gasteiger partial charge on any atom is 0.134 e. The van der Waals surface area contributed by atoms with E-state index in [2.05, 4.69) is 20.2 Å². The van der Waals surface area contributed by atoms with Crippen LogP contribution in [-0.2, 0) is 0 Å². The first-order valence-corrected chi connectivity index (χ1v) is 2.82. The highest BCUT2D eigenvalue weighted by Gasteiger charge is 2.06. The maximum absolute atomic E-state index is 4.62. The largest absolute Gasteiger partial charge is 0.364 e. The van der Waals surface area contributed by atoms with E-state index in [0.717, 1.165) is 11.4 Å². The van der Waals surface area contributed by atoms with Crippen molar-refractivity contribution in [1.82, 2.24) is 10.6 Å². The van der Waals surface area contributed by atoms with Crippen molar-refractivity contribution < 1.29 is 4.52 Å². The molecule has 0 N–H and O–H groups in total. The monoisotopic (exact) mass is 134 g/mol. The molecule has 49 valence electrons. The average Bonchev–Trinajstić information content (AvgIpc) is 2.59. The fraction of sp³-hybridized carbons (Fsp3) is 0. The molecule has 0 atom stereocenters. The number of allylic oxidation sites excluding steroid dienone is 1. The van der Waals surface area contributed by atoms with Gasteiger partial charge in [0.25, 0.3) is 0 Å².